The fourth-order valence-corrected chi connectivity index (χ4v) is 1.58. The van der Waals surface area contributed by atoms with Gasteiger partial charge in [0.05, 0.1) is 6.42 Å². The van der Waals surface area contributed by atoms with E-state index >= 15 is 0 Å². The largest absolute Gasteiger partial charge is 0.481 e. The van der Waals surface area contributed by atoms with Crippen LogP contribution in [0.4, 0.5) is 0 Å². The topological polar surface area (TPSA) is 66.0 Å². The number of rotatable bonds is 6. The summed E-state index contributed by atoms with van der Waals surface area (Å²) >= 11 is 4.35. The molecule has 0 radical (unpaired) electrons. The molecular weight excluding hydrogens is 212 g/mol. The van der Waals surface area contributed by atoms with E-state index in [-0.39, 0.29) is 11.7 Å². The summed E-state index contributed by atoms with van der Waals surface area (Å²) in [5.74, 6) is -0.0909. The second-order valence-electron chi connectivity index (χ2n) is 3.31. The summed E-state index contributed by atoms with van der Waals surface area (Å²) in [5, 5.41) is 8.74. The van der Waals surface area contributed by atoms with Crippen molar-refractivity contribution in [2.24, 2.45) is 0 Å². The second kappa shape index (κ2) is 5.60. The fraction of sp³-hybridized carbons (Fsp3) is 0.400. The van der Waals surface area contributed by atoms with Crippen molar-refractivity contribution >= 4 is 18.6 Å². The van der Waals surface area contributed by atoms with Gasteiger partial charge in [-0.15, -0.1) is 6.58 Å². The van der Waals surface area contributed by atoms with Crippen molar-refractivity contribution in [3.05, 3.63) is 30.4 Å². The molecule has 15 heavy (non-hydrogen) atoms. The number of aromatic amines is 1. The van der Waals surface area contributed by atoms with Gasteiger partial charge in [-0.05, 0) is 6.42 Å². The monoisotopic (exact) mass is 226 g/mol. The van der Waals surface area contributed by atoms with Gasteiger partial charge in [0.1, 0.15) is 5.82 Å². The first-order valence-electron chi connectivity index (χ1n) is 4.65. The molecule has 0 amide bonds. The van der Waals surface area contributed by atoms with Crippen LogP contribution in [-0.4, -0.2) is 26.3 Å². The van der Waals surface area contributed by atoms with Gasteiger partial charge in [-0.25, -0.2) is 4.98 Å². The molecular formula is C10H14N2O2S. The van der Waals surface area contributed by atoms with Crippen molar-refractivity contribution in [2.75, 3.05) is 0 Å². The molecule has 2 N–H and O–H groups in total. The summed E-state index contributed by atoms with van der Waals surface area (Å²) in [4.78, 5) is 17.5. The number of aromatic nitrogens is 2. The highest BCUT2D eigenvalue weighted by atomic mass is 32.1. The minimum absolute atomic E-state index is 0.0221. The van der Waals surface area contributed by atoms with Gasteiger partial charge < -0.3 is 10.1 Å². The van der Waals surface area contributed by atoms with Gasteiger partial charge in [0, 0.05) is 23.6 Å². The van der Waals surface area contributed by atoms with Gasteiger partial charge in [0.25, 0.3) is 0 Å². The first-order valence-corrected chi connectivity index (χ1v) is 5.17. The molecule has 0 aliphatic heterocycles. The number of carbonyl (C=O) groups is 1. The highest BCUT2D eigenvalue weighted by Crippen LogP contribution is 2.09. The number of nitrogens with zero attached hydrogens (tertiary/aromatic N) is 1. The molecule has 0 aromatic carbocycles. The molecule has 0 aliphatic carbocycles. The fourth-order valence-electron chi connectivity index (χ4n) is 1.26. The Bertz CT molecular complexity index is 349. The second-order valence-corrected chi connectivity index (χ2v) is 4.04. The van der Waals surface area contributed by atoms with E-state index in [0.29, 0.717) is 12.1 Å². The lowest BCUT2D eigenvalue weighted by atomic mass is 10.2. The number of allylic oxidation sites excluding steroid dienone is 1. The molecule has 0 spiro atoms. The van der Waals surface area contributed by atoms with Crippen LogP contribution in [0.3, 0.4) is 0 Å². The van der Waals surface area contributed by atoms with Gasteiger partial charge in [-0.2, -0.15) is 12.6 Å². The number of aliphatic carboxylic acids is 1. The Morgan fingerprint density at radius 2 is 2.53 bits per heavy atom. The van der Waals surface area contributed by atoms with E-state index in [9.17, 15) is 4.79 Å². The van der Waals surface area contributed by atoms with Crippen LogP contribution in [0.2, 0.25) is 0 Å². The van der Waals surface area contributed by atoms with Gasteiger partial charge in [-0.3, -0.25) is 4.79 Å². The number of carboxylic acid groups (broad SMARTS) is 1. The molecule has 1 aromatic rings. The Hall–Kier alpha value is -1.23. The van der Waals surface area contributed by atoms with E-state index in [2.05, 4.69) is 29.2 Å². The van der Waals surface area contributed by atoms with Crippen molar-refractivity contribution in [3.8, 4) is 0 Å². The van der Waals surface area contributed by atoms with Gasteiger partial charge in [-0.1, -0.05) is 6.08 Å². The lowest BCUT2D eigenvalue weighted by molar-refractivity contribution is -0.136. The van der Waals surface area contributed by atoms with Crippen molar-refractivity contribution in [1.29, 1.82) is 0 Å². The van der Waals surface area contributed by atoms with Crippen LogP contribution in [0.15, 0.2) is 18.9 Å². The van der Waals surface area contributed by atoms with E-state index in [1.54, 1.807) is 12.3 Å². The van der Waals surface area contributed by atoms with Crippen LogP contribution in [-0.2, 0) is 17.6 Å². The third kappa shape index (κ3) is 4.20. The van der Waals surface area contributed by atoms with Crippen LogP contribution in [0, 0.1) is 0 Å². The van der Waals surface area contributed by atoms with E-state index in [4.69, 9.17) is 5.11 Å². The van der Waals surface area contributed by atoms with Crippen molar-refractivity contribution < 1.29 is 9.90 Å². The Morgan fingerprint density at radius 1 is 1.80 bits per heavy atom. The molecule has 82 valence electrons. The van der Waals surface area contributed by atoms with Crippen molar-refractivity contribution in [3.63, 3.8) is 0 Å². The quantitative estimate of drug-likeness (QED) is 0.508. The van der Waals surface area contributed by atoms with E-state index in [1.807, 2.05) is 0 Å². The molecule has 0 fully saturated rings. The average molecular weight is 226 g/mol. The summed E-state index contributed by atoms with van der Waals surface area (Å²) < 4.78 is 0. The predicted molar refractivity (Wildman–Crippen MR) is 61.2 cm³/mol. The van der Waals surface area contributed by atoms with Crippen LogP contribution >= 0.6 is 12.6 Å². The number of hydrogen-bond acceptors (Lipinski definition) is 3. The number of nitrogens with one attached hydrogen (secondary N) is 1. The van der Waals surface area contributed by atoms with Gasteiger partial charge in [0.2, 0.25) is 0 Å². The first-order chi connectivity index (χ1) is 7.11. The Labute approximate surface area is 93.8 Å². The van der Waals surface area contributed by atoms with Crippen LogP contribution < -0.4 is 0 Å². The minimum Gasteiger partial charge on any atom is -0.481 e. The molecule has 4 nitrogen and oxygen atoms in total. The normalized spacial score (nSPS) is 12.3. The minimum atomic E-state index is -0.862. The van der Waals surface area contributed by atoms with E-state index < -0.39 is 5.97 Å². The Kier molecular flexibility index (Phi) is 4.42. The summed E-state index contributed by atoms with van der Waals surface area (Å²) in [6.45, 7) is 3.63. The smallest absolute Gasteiger partial charge is 0.309 e. The molecule has 1 heterocycles. The number of thiol groups is 1. The number of carboxylic acids is 1. The predicted octanol–water partition coefficient (Wildman–Crippen LogP) is 1.45. The average Bonchev–Trinajstić information content (AvgIpc) is 2.51. The zero-order chi connectivity index (χ0) is 11.3. The third-order valence-corrected chi connectivity index (χ3v) is 2.28. The summed E-state index contributed by atoms with van der Waals surface area (Å²) in [5.41, 5.74) is 0.622. The highest BCUT2D eigenvalue weighted by molar-refractivity contribution is 7.80. The summed E-state index contributed by atoms with van der Waals surface area (Å²) in [7, 11) is 0. The SMILES string of the molecule is C=CCC(S)Cc1ncc(CC(=O)O)[nH]1. The van der Waals surface area contributed by atoms with Crippen molar-refractivity contribution in [1.82, 2.24) is 9.97 Å². The van der Waals surface area contributed by atoms with Gasteiger partial charge in [0.15, 0.2) is 0 Å². The Balaban J connectivity index is 2.52. The van der Waals surface area contributed by atoms with Crippen LogP contribution in [0.25, 0.3) is 0 Å². The van der Waals surface area contributed by atoms with Crippen LogP contribution in [0.5, 0.6) is 0 Å². The first kappa shape index (κ1) is 11.8. The molecule has 0 bridgehead atoms. The molecule has 5 heteroatoms. The zero-order valence-corrected chi connectivity index (χ0v) is 9.20. The highest BCUT2D eigenvalue weighted by Gasteiger charge is 2.08. The standard InChI is InChI=1S/C10H14N2O2S/c1-2-3-8(15)5-9-11-6-7(12-9)4-10(13)14/h2,6,8,15H,1,3-5H2,(H,11,12)(H,13,14). The van der Waals surface area contributed by atoms with Crippen molar-refractivity contribution in [2.45, 2.75) is 24.5 Å². The molecule has 1 unspecified atom stereocenters. The maximum Gasteiger partial charge on any atom is 0.309 e. The van der Waals surface area contributed by atoms with Crippen LogP contribution in [0.1, 0.15) is 17.9 Å². The molecule has 1 atom stereocenters. The molecule has 1 aromatic heterocycles. The molecule has 0 saturated carbocycles. The third-order valence-electron chi connectivity index (χ3n) is 1.89. The van der Waals surface area contributed by atoms with E-state index in [1.165, 1.54) is 0 Å². The van der Waals surface area contributed by atoms with E-state index in [0.717, 1.165) is 12.2 Å². The number of imidazole rings is 1. The maximum atomic E-state index is 10.4. The van der Waals surface area contributed by atoms with Gasteiger partial charge >= 0.3 is 5.97 Å². The molecule has 0 saturated heterocycles. The summed E-state index contributed by atoms with van der Waals surface area (Å²) in [6, 6.07) is 0. The lowest BCUT2D eigenvalue weighted by Crippen LogP contribution is -2.04. The number of hydrogen-bond donors (Lipinski definition) is 3. The number of H-pyrrole nitrogens is 1. The lowest BCUT2D eigenvalue weighted by Gasteiger charge is -2.04. The Morgan fingerprint density at radius 3 is 3.13 bits per heavy atom. The maximum absolute atomic E-state index is 10.4. The zero-order valence-electron chi connectivity index (χ0n) is 8.31. The molecule has 1 rings (SSSR count). The molecule has 0 aliphatic rings. The summed E-state index contributed by atoms with van der Waals surface area (Å²) in [6.07, 6.45) is 4.83.